The normalized spacial score (nSPS) is 9.08. The lowest BCUT2D eigenvalue weighted by atomic mass is 10.1. The van der Waals surface area contributed by atoms with Gasteiger partial charge in [0.15, 0.2) is 0 Å². The SMILES string of the molecule is CNc1ccc(C#N)c(CN)c1. The second-order valence-corrected chi connectivity index (χ2v) is 2.44. The molecule has 0 atom stereocenters. The van der Waals surface area contributed by atoms with Crippen LogP contribution in [0.2, 0.25) is 0 Å². The molecule has 0 unspecified atom stereocenters. The predicted molar refractivity (Wildman–Crippen MR) is 48.6 cm³/mol. The Balaban J connectivity index is 3.13. The van der Waals surface area contributed by atoms with E-state index < -0.39 is 0 Å². The van der Waals surface area contributed by atoms with Crippen molar-refractivity contribution in [2.75, 3.05) is 12.4 Å². The van der Waals surface area contributed by atoms with Gasteiger partial charge in [-0.3, -0.25) is 0 Å². The van der Waals surface area contributed by atoms with E-state index in [1.807, 2.05) is 19.2 Å². The first-order chi connectivity index (χ1) is 5.81. The monoisotopic (exact) mass is 161 g/mol. The van der Waals surface area contributed by atoms with Crippen molar-refractivity contribution in [2.45, 2.75) is 6.54 Å². The maximum atomic E-state index is 8.69. The van der Waals surface area contributed by atoms with Crippen LogP contribution in [-0.4, -0.2) is 7.05 Å². The molecule has 1 rings (SSSR count). The van der Waals surface area contributed by atoms with E-state index in [1.165, 1.54) is 0 Å². The summed E-state index contributed by atoms with van der Waals surface area (Å²) in [6, 6.07) is 7.61. The fourth-order valence-electron chi connectivity index (χ4n) is 1.03. The van der Waals surface area contributed by atoms with E-state index in [4.69, 9.17) is 11.0 Å². The van der Waals surface area contributed by atoms with E-state index in [-0.39, 0.29) is 0 Å². The molecule has 0 radical (unpaired) electrons. The zero-order valence-electron chi connectivity index (χ0n) is 6.96. The third-order valence-corrected chi connectivity index (χ3v) is 1.73. The fourth-order valence-corrected chi connectivity index (χ4v) is 1.03. The summed E-state index contributed by atoms with van der Waals surface area (Å²) < 4.78 is 0. The first kappa shape index (κ1) is 8.57. The quantitative estimate of drug-likeness (QED) is 0.681. The highest BCUT2D eigenvalue weighted by Crippen LogP contribution is 2.13. The van der Waals surface area contributed by atoms with Gasteiger partial charge in [-0.15, -0.1) is 0 Å². The Labute approximate surface area is 71.8 Å². The molecule has 0 fully saturated rings. The molecular formula is C9H11N3. The fraction of sp³-hybridized carbons (Fsp3) is 0.222. The zero-order valence-corrected chi connectivity index (χ0v) is 6.96. The van der Waals surface area contributed by atoms with E-state index in [2.05, 4.69) is 11.4 Å². The molecule has 0 aliphatic rings. The van der Waals surface area contributed by atoms with Crippen molar-refractivity contribution in [3.05, 3.63) is 29.3 Å². The van der Waals surface area contributed by atoms with Gasteiger partial charge in [-0.1, -0.05) is 0 Å². The van der Waals surface area contributed by atoms with E-state index >= 15 is 0 Å². The Bertz CT molecular complexity index is 312. The molecule has 3 heteroatoms. The lowest BCUT2D eigenvalue weighted by Crippen LogP contribution is -2.00. The van der Waals surface area contributed by atoms with Gasteiger partial charge >= 0.3 is 0 Å². The van der Waals surface area contributed by atoms with Crippen LogP contribution in [0.5, 0.6) is 0 Å². The van der Waals surface area contributed by atoms with Gasteiger partial charge in [0.2, 0.25) is 0 Å². The number of hydrogen-bond acceptors (Lipinski definition) is 3. The summed E-state index contributed by atoms with van der Waals surface area (Å²) in [5, 5.41) is 11.7. The van der Waals surface area contributed by atoms with Crippen molar-refractivity contribution in [2.24, 2.45) is 5.73 Å². The summed E-state index contributed by atoms with van der Waals surface area (Å²) in [6.07, 6.45) is 0. The van der Waals surface area contributed by atoms with Gasteiger partial charge in [-0.05, 0) is 23.8 Å². The van der Waals surface area contributed by atoms with Gasteiger partial charge in [0.25, 0.3) is 0 Å². The highest BCUT2D eigenvalue weighted by atomic mass is 14.8. The van der Waals surface area contributed by atoms with Crippen LogP contribution in [0.1, 0.15) is 11.1 Å². The molecule has 0 aromatic heterocycles. The van der Waals surface area contributed by atoms with Gasteiger partial charge < -0.3 is 11.1 Å². The largest absolute Gasteiger partial charge is 0.388 e. The molecule has 1 aromatic rings. The van der Waals surface area contributed by atoms with Gasteiger partial charge in [0, 0.05) is 19.3 Å². The highest BCUT2D eigenvalue weighted by Gasteiger charge is 1.99. The molecule has 1 aromatic carbocycles. The standard InChI is InChI=1S/C9H11N3/c1-12-9-3-2-7(5-10)8(4-9)6-11/h2-4,12H,6,11H2,1H3. The number of anilines is 1. The topological polar surface area (TPSA) is 61.8 Å². The number of benzene rings is 1. The van der Waals surface area contributed by atoms with E-state index in [9.17, 15) is 0 Å². The summed E-state index contributed by atoms with van der Waals surface area (Å²) in [7, 11) is 1.83. The van der Waals surface area contributed by atoms with Crippen molar-refractivity contribution >= 4 is 5.69 Å². The van der Waals surface area contributed by atoms with Gasteiger partial charge in [-0.2, -0.15) is 5.26 Å². The number of rotatable bonds is 2. The van der Waals surface area contributed by atoms with Crippen LogP contribution in [0.4, 0.5) is 5.69 Å². The molecule has 3 nitrogen and oxygen atoms in total. The molecule has 3 N–H and O–H groups in total. The van der Waals surface area contributed by atoms with Crippen LogP contribution in [-0.2, 0) is 6.54 Å². The molecule has 12 heavy (non-hydrogen) atoms. The van der Waals surface area contributed by atoms with Gasteiger partial charge in [-0.25, -0.2) is 0 Å². The maximum Gasteiger partial charge on any atom is 0.0995 e. The number of nitrogens with one attached hydrogen (secondary N) is 1. The Morgan fingerprint density at radius 2 is 2.33 bits per heavy atom. The highest BCUT2D eigenvalue weighted by molar-refractivity contribution is 5.51. The lowest BCUT2D eigenvalue weighted by Gasteiger charge is -2.03. The number of nitrogens with two attached hydrogens (primary N) is 1. The minimum absolute atomic E-state index is 0.401. The Morgan fingerprint density at radius 3 is 2.83 bits per heavy atom. The minimum atomic E-state index is 0.401. The molecule has 0 saturated carbocycles. The predicted octanol–water partition coefficient (Wildman–Crippen LogP) is 1.06. The summed E-state index contributed by atoms with van der Waals surface area (Å²) >= 11 is 0. The number of hydrogen-bond donors (Lipinski definition) is 2. The third kappa shape index (κ3) is 1.55. The first-order valence-corrected chi connectivity index (χ1v) is 3.72. The van der Waals surface area contributed by atoms with Crippen LogP contribution in [0.15, 0.2) is 18.2 Å². The average molecular weight is 161 g/mol. The summed E-state index contributed by atoms with van der Waals surface area (Å²) in [4.78, 5) is 0. The average Bonchev–Trinajstić information content (AvgIpc) is 2.16. The van der Waals surface area contributed by atoms with Crippen molar-refractivity contribution in [3.8, 4) is 6.07 Å². The Hall–Kier alpha value is -1.53. The molecule has 0 aliphatic heterocycles. The van der Waals surface area contributed by atoms with Crippen molar-refractivity contribution in [1.29, 1.82) is 5.26 Å². The van der Waals surface area contributed by atoms with Gasteiger partial charge in [0.05, 0.1) is 11.6 Å². The van der Waals surface area contributed by atoms with Crippen LogP contribution >= 0.6 is 0 Å². The molecule has 62 valence electrons. The molecule has 0 saturated heterocycles. The zero-order chi connectivity index (χ0) is 8.97. The Morgan fingerprint density at radius 1 is 1.58 bits per heavy atom. The van der Waals surface area contributed by atoms with Gasteiger partial charge in [0.1, 0.15) is 0 Å². The smallest absolute Gasteiger partial charge is 0.0995 e. The van der Waals surface area contributed by atoms with Crippen molar-refractivity contribution in [1.82, 2.24) is 0 Å². The molecular weight excluding hydrogens is 150 g/mol. The summed E-state index contributed by atoms with van der Waals surface area (Å²) in [6.45, 7) is 0.401. The lowest BCUT2D eigenvalue weighted by molar-refractivity contribution is 1.06. The second-order valence-electron chi connectivity index (χ2n) is 2.44. The number of nitrogens with zero attached hydrogens (tertiary/aromatic N) is 1. The minimum Gasteiger partial charge on any atom is -0.388 e. The Kier molecular flexibility index (Phi) is 2.67. The molecule has 0 bridgehead atoms. The van der Waals surface area contributed by atoms with E-state index in [0.717, 1.165) is 11.3 Å². The molecule has 0 amide bonds. The van der Waals surface area contributed by atoms with Crippen LogP contribution < -0.4 is 11.1 Å². The van der Waals surface area contributed by atoms with E-state index in [1.54, 1.807) is 6.07 Å². The van der Waals surface area contributed by atoms with Crippen molar-refractivity contribution < 1.29 is 0 Å². The van der Waals surface area contributed by atoms with Crippen LogP contribution in [0.25, 0.3) is 0 Å². The summed E-state index contributed by atoms with van der Waals surface area (Å²) in [5.41, 5.74) is 7.98. The third-order valence-electron chi connectivity index (χ3n) is 1.73. The molecule has 0 spiro atoms. The maximum absolute atomic E-state index is 8.69. The molecule has 0 aliphatic carbocycles. The first-order valence-electron chi connectivity index (χ1n) is 3.72. The van der Waals surface area contributed by atoms with E-state index in [0.29, 0.717) is 12.1 Å². The second kappa shape index (κ2) is 3.74. The number of nitriles is 1. The molecule has 0 heterocycles. The summed E-state index contributed by atoms with van der Waals surface area (Å²) in [5.74, 6) is 0. The van der Waals surface area contributed by atoms with Crippen molar-refractivity contribution in [3.63, 3.8) is 0 Å². The van der Waals surface area contributed by atoms with Crippen LogP contribution in [0, 0.1) is 11.3 Å². The van der Waals surface area contributed by atoms with Crippen LogP contribution in [0.3, 0.4) is 0 Å².